The first kappa shape index (κ1) is 14.1. The monoisotopic (exact) mass is 247 g/mol. The summed E-state index contributed by atoms with van der Waals surface area (Å²) in [6, 6.07) is 8.41. The summed E-state index contributed by atoms with van der Waals surface area (Å²) in [5, 5.41) is 2.40. The van der Waals surface area contributed by atoms with Crippen molar-refractivity contribution in [2.24, 2.45) is 4.99 Å². The molecule has 0 amide bonds. The average molecular weight is 247 g/mol. The van der Waals surface area contributed by atoms with E-state index in [-0.39, 0.29) is 0 Å². The molecule has 1 aromatic rings. The maximum Gasteiger partial charge on any atom is 0.0739 e. The Hall–Kier alpha value is -0.980. The van der Waals surface area contributed by atoms with Crippen LogP contribution in [0.4, 0.5) is 5.69 Å². The van der Waals surface area contributed by atoms with Gasteiger partial charge in [0, 0.05) is 0 Å². The number of isothiocyanates is 1. The van der Waals surface area contributed by atoms with Crippen LogP contribution in [0.3, 0.4) is 0 Å². The Morgan fingerprint density at radius 3 is 2.06 bits per heavy atom. The molecule has 1 rings (SSSR count). The zero-order valence-corrected chi connectivity index (χ0v) is 11.8. The second-order valence-electron chi connectivity index (χ2n) is 4.81. The van der Waals surface area contributed by atoms with Crippen LogP contribution in [0.25, 0.3) is 0 Å². The van der Waals surface area contributed by atoms with Crippen LogP contribution in [0.5, 0.6) is 0 Å². The van der Waals surface area contributed by atoms with Gasteiger partial charge in [-0.05, 0) is 48.2 Å². The van der Waals surface area contributed by atoms with Gasteiger partial charge in [0.15, 0.2) is 0 Å². The Morgan fingerprint density at radius 1 is 1.12 bits per heavy atom. The van der Waals surface area contributed by atoms with Crippen molar-refractivity contribution in [3.8, 4) is 0 Å². The normalized spacial score (nSPS) is 11.0. The van der Waals surface area contributed by atoms with Gasteiger partial charge in [0.25, 0.3) is 0 Å². The van der Waals surface area contributed by atoms with E-state index in [9.17, 15) is 0 Å². The zero-order valence-electron chi connectivity index (χ0n) is 11.0. The molecule has 0 N–H and O–H groups in total. The summed E-state index contributed by atoms with van der Waals surface area (Å²) >= 11 is 4.61. The summed E-state index contributed by atoms with van der Waals surface area (Å²) in [5.41, 5.74) is 2.59. The zero-order chi connectivity index (χ0) is 12.7. The molecule has 0 spiro atoms. The summed E-state index contributed by atoms with van der Waals surface area (Å²) in [5.74, 6) is 0. The summed E-state index contributed by atoms with van der Waals surface area (Å²) in [6.45, 7) is 6.86. The lowest BCUT2D eigenvalue weighted by molar-refractivity contribution is 0.392. The molecule has 17 heavy (non-hydrogen) atoms. The first-order chi connectivity index (χ1) is 8.16. The minimum absolute atomic E-state index is 0.295. The third-order valence-corrected chi connectivity index (χ3v) is 3.43. The van der Waals surface area contributed by atoms with Gasteiger partial charge in [-0.15, -0.1) is 0 Å². The molecule has 0 saturated heterocycles. The van der Waals surface area contributed by atoms with E-state index < -0.39 is 0 Å². The van der Waals surface area contributed by atoms with Crippen LogP contribution >= 0.6 is 12.2 Å². The SMILES string of the molecule is CCCC(C)(CCC)c1ccc(N=C=S)cc1. The molecule has 0 saturated carbocycles. The van der Waals surface area contributed by atoms with Crippen LogP contribution in [0.15, 0.2) is 29.3 Å². The highest BCUT2D eigenvalue weighted by molar-refractivity contribution is 7.78. The number of rotatable bonds is 6. The van der Waals surface area contributed by atoms with Gasteiger partial charge < -0.3 is 0 Å². The largest absolute Gasteiger partial charge is 0.195 e. The van der Waals surface area contributed by atoms with Crippen LogP contribution < -0.4 is 0 Å². The fraction of sp³-hybridized carbons (Fsp3) is 0.533. The van der Waals surface area contributed by atoms with E-state index in [1.54, 1.807) is 0 Å². The quantitative estimate of drug-likeness (QED) is 0.492. The van der Waals surface area contributed by atoms with Gasteiger partial charge in [0.1, 0.15) is 0 Å². The lowest BCUT2D eigenvalue weighted by Gasteiger charge is -2.29. The number of hydrogen-bond donors (Lipinski definition) is 0. The van der Waals surface area contributed by atoms with Crippen molar-refractivity contribution >= 4 is 23.1 Å². The van der Waals surface area contributed by atoms with Crippen molar-refractivity contribution in [2.75, 3.05) is 0 Å². The first-order valence-electron chi connectivity index (χ1n) is 6.34. The standard InChI is InChI=1S/C15H21NS/c1-4-10-15(3,11-5-2)13-6-8-14(9-7-13)16-12-17/h6-9H,4-5,10-11H2,1-3H3. The highest BCUT2D eigenvalue weighted by atomic mass is 32.1. The first-order valence-corrected chi connectivity index (χ1v) is 6.75. The van der Waals surface area contributed by atoms with Gasteiger partial charge in [-0.2, -0.15) is 4.99 Å². The van der Waals surface area contributed by atoms with Crippen molar-refractivity contribution in [1.29, 1.82) is 0 Å². The second-order valence-corrected chi connectivity index (χ2v) is 4.99. The molecule has 0 aliphatic carbocycles. The number of hydrogen-bond acceptors (Lipinski definition) is 2. The van der Waals surface area contributed by atoms with Gasteiger partial charge in [0.2, 0.25) is 0 Å². The van der Waals surface area contributed by atoms with E-state index >= 15 is 0 Å². The minimum atomic E-state index is 0.295. The minimum Gasteiger partial charge on any atom is -0.195 e. The van der Waals surface area contributed by atoms with Crippen LogP contribution in [-0.4, -0.2) is 5.16 Å². The number of benzene rings is 1. The molecule has 1 aromatic carbocycles. The van der Waals surface area contributed by atoms with Crippen molar-refractivity contribution in [3.63, 3.8) is 0 Å². The molecule has 0 atom stereocenters. The van der Waals surface area contributed by atoms with E-state index in [0.717, 1.165) is 5.69 Å². The Labute approximate surface area is 110 Å². The molecule has 0 aliphatic heterocycles. The molecule has 0 fully saturated rings. The molecular formula is C15H21NS. The lowest BCUT2D eigenvalue weighted by Crippen LogP contribution is -2.21. The molecule has 0 bridgehead atoms. The fourth-order valence-corrected chi connectivity index (χ4v) is 2.61. The number of aliphatic imine (C=N–C) groups is 1. The van der Waals surface area contributed by atoms with Gasteiger partial charge in [-0.3, -0.25) is 0 Å². The summed E-state index contributed by atoms with van der Waals surface area (Å²) < 4.78 is 0. The lowest BCUT2D eigenvalue weighted by atomic mass is 9.75. The molecule has 92 valence electrons. The van der Waals surface area contributed by atoms with E-state index in [2.05, 4.69) is 55.3 Å². The van der Waals surface area contributed by atoms with E-state index in [1.165, 1.54) is 31.2 Å². The Balaban J connectivity index is 2.98. The molecule has 0 radical (unpaired) electrons. The summed E-state index contributed by atoms with van der Waals surface area (Å²) in [6.07, 6.45) is 4.90. The predicted octanol–water partition coefficient (Wildman–Crippen LogP) is 5.28. The predicted molar refractivity (Wildman–Crippen MR) is 78.3 cm³/mol. The highest BCUT2D eigenvalue weighted by Crippen LogP contribution is 2.34. The van der Waals surface area contributed by atoms with Gasteiger partial charge in [-0.1, -0.05) is 45.7 Å². The van der Waals surface area contributed by atoms with E-state index in [1.807, 2.05) is 12.1 Å². The van der Waals surface area contributed by atoms with E-state index in [4.69, 9.17) is 0 Å². The van der Waals surface area contributed by atoms with Crippen LogP contribution in [-0.2, 0) is 5.41 Å². The fourth-order valence-electron chi connectivity index (χ4n) is 2.51. The molecule has 0 heterocycles. The van der Waals surface area contributed by atoms with Crippen molar-refractivity contribution in [2.45, 2.75) is 51.9 Å². The molecule has 2 heteroatoms. The van der Waals surface area contributed by atoms with Crippen molar-refractivity contribution in [3.05, 3.63) is 29.8 Å². The average Bonchev–Trinajstić information content (AvgIpc) is 2.31. The third kappa shape index (κ3) is 3.76. The smallest absolute Gasteiger partial charge is 0.0739 e. The van der Waals surface area contributed by atoms with Crippen LogP contribution in [0, 0.1) is 0 Å². The Bertz CT molecular complexity index is 382. The maximum absolute atomic E-state index is 4.61. The van der Waals surface area contributed by atoms with Crippen LogP contribution in [0.1, 0.15) is 52.0 Å². The Kier molecular flexibility index (Phi) is 5.54. The van der Waals surface area contributed by atoms with Gasteiger partial charge >= 0.3 is 0 Å². The third-order valence-electron chi connectivity index (χ3n) is 3.34. The second kappa shape index (κ2) is 6.68. The molecular weight excluding hydrogens is 226 g/mol. The highest BCUT2D eigenvalue weighted by Gasteiger charge is 2.24. The van der Waals surface area contributed by atoms with Gasteiger partial charge in [-0.25, -0.2) is 0 Å². The summed E-state index contributed by atoms with van der Waals surface area (Å²) in [4.78, 5) is 3.99. The number of nitrogens with zero attached hydrogens (tertiary/aromatic N) is 1. The molecule has 1 nitrogen and oxygen atoms in total. The number of thiocarbonyl (C=S) groups is 1. The molecule has 0 unspecified atom stereocenters. The summed E-state index contributed by atoms with van der Waals surface area (Å²) in [7, 11) is 0. The van der Waals surface area contributed by atoms with Crippen LogP contribution in [0.2, 0.25) is 0 Å². The Morgan fingerprint density at radius 2 is 1.65 bits per heavy atom. The maximum atomic E-state index is 4.61. The van der Waals surface area contributed by atoms with Crippen molar-refractivity contribution < 1.29 is 0 Å². The topological polar surface area (TPSA) is 12.4 Å². The van der Waals surface area contributed by atoms with E-state index in [0.29, 0.717) is 5.41 Å². The van der Waals surface area contributed by atoms with Gasteiger partial charge in [0.05, 0.1) is 10.8 Å². The molecule has 0 aromatic heterocycles. The van der Waals surface area contributed by atoms with Crippen molar-refractivity contribution in [1.82, 2.24) is 0 Å². The molecule has 0 aliphatic rings.